The molecular formula is C12H18O12. The van der Waals surface area contributed by atoms with Crippen LogP contribution in [-0.2, 0) is 47.7 Å². The standard InChI is InChI=1S/2C5H8O4.C2H2O4/c2*1-8-4(6)3-5(7)9-2;3-1(4)2(5)6/h2*3H2,1-2H3;(H,3,4)(H,5,6). The highest BCUT2D eigenvalue weighted by Gasteiger charge is 2.08. The van der Waals surface area contributed by atoms with Gasteiger partial charge in [0.25, 0.3) is 0 Å². The van der Waals surface area contributed by atoms with Gasteiger partial charge in [0, 0.05) is 0 Å². The number of carboxylic acid groups (broad SMARTS) is 2. The number of aliphatic carboxylic acids is 2. The molecule has 0 unspecified atom stereocenters. The zero-order valence-corrected chi connectivity index (χ0v) is 13.4. The SMILES string of the molecule is COC(=O)CC(=O)OC.COC(=O)CC(=O)OC.O=C(O)C(=O)O. The first-order chi connectivity index (χ1) is 11.0. The van der Waals surface area contributed by atoms with Gasteiger partial charge in [-0.15, -0.1) is 0 Å². The Kier molecular flexibility index (Phi) is 17.4. The second-order valence-corrected chi connectivity index (χ2v) is 3.27. The lowest BCUT2D eigenvalue weighted by Gasteiger charge is -1.95. The second kappa shape index (κ2) is 16.2. The maximum atomic E-state index is 10.3. The van der Waals surface area contributed by atoms with Crippen LogP contribution in [0.3, 0.4) is 0 Å². The molecule has 2 N–H and O–H groups in total. The van der Waals surface area contributed by atoms with E-state index in [1.807, 2.05) is 0 Å². The van der Waals surface area contributed by atoms with Crippen LogP contribution in [0.2, 0.25) is 0 Å². The molecule has 0 bridgehead atoms. The molecule has 0 fully saturated rings. The van der Waals surface area contributed by atoms with Crippen LogP contribution in [0.4, 0.5) is 0 Å². The molecule has 12 nitrogen and oxygen atoms in total. The van der Waals surface area contributed by atoms with E-state index in [0.717, 1.165) is 0 Å². The molecule has 0 saturated carbocycles. The lowest BCUT2D eigenvalue weighted by atomic mass is 10.4. The predicted octanol–water partition coefficient (Wildman–Crippen LogP) is -1.40. The van der Waals surface area contributed by atoms with Crippen molar-refractivity contribution in [1.82, 2.24) is 0 Å². The van der Waals surface area contributed by atoms with Gasteiger partial charge in [0.1, 0.15) is 12.8 Å². The summed E-state index contributed by atoms with van der Waals surface area (Å²) >= 11 is 0. The van der Waals surface area contributed by atoms with Gasteiger partial charge in [0.05, 0.1) is 28.4 Å². The van der Waals surface area contributed by atoms with Crippen molar-refractivity contribution in [3.63, 3.8) is 0 Å². The quantitative estimate of drug-likeness (QED) is 0.261. The highest BCUT2D eigenvalue weighted by molar-refractivity contribution is 6.27. The lowest BCUT2D eigenvalue weighted by Crippen LogP contribution is -2.09. The number of hydrogen-bond acceptors (Lipinski definition) is 10. The summed E-state index contributed by atoms with van der Waals surface area (Å²) in [4.78, 5) is 59.2. The average molecular weight is 354 g/mol. The van der Waals surface area contributed by atoms with E-state index < -0.39 is 35.8 Å². The van der Waals surface area contributed by atoms with E-state index in [9.17, 15) is 19.2 Å². The van der Waals surface area contributed by atoms with Crippen LogP contribution >= 0.6 is 0 Å². The number of esters is 4. The number of hydrogen-bond donors (Lipinski definition) is 2. The van der Waals surface area contributed by atoms with Gasteiger partial charge in [-0.2, -0.15) is 0 Å². The fourth-order valence-corrected chi connectivity index (χ4v) is 0.524. The summed E-state index contributed by atoms with van der Waals surface area (Å²) in [5, 5.41) is 14.8. The summed E-state index contributed by atoms with van der Waals surface area (Å²) in [5.41, 5.74) is 0. The van der Waals surface area contributed by atoms with Crippen molar-refractivity contribution < 1.29 is 57.9 Å². The molecule has 12 heteroatoms. The van der Waals surface area contributed by atoms with Gasteiger partial charge < -0.3 is 29.2 Å². The minimum atomic E-state index is -1.82. The summed E-state index contributed by atoms with van der Waals surface area (Å²) in [7, 11) is 4.85. The molecule has 24 heavy (non-hydrogen) atoms. The Hall–Kier alpha value is -3.18. The van der Waals surface area contributed by atoms with Gasteiger partial charge >= 0.3 is 35.8 Å². The topological polar surface area (TPSA) is 180 Å². The number of ether oxygens (including phenoxy) is 4. The van der Waals surface area contributed by atoms with Gasteiger partial charge in [-0.25, -0.2) is 9.59 Å². The van der Waals surface area contributed by atoms with Gasteiger partial charge in [-0.3, -0.25) is 19.2 Å². The minimum absolute atomic E-state index is 0.312. The highest BCUT2D eigenvalue weighted by atomic mass is 16.5. The first kappa shape index (κ1) is 25.8. The fraction of sp³-hybridized carbons (Fsp3) is 0.500. The summed E-state index contributed by atoms with van der Waals surface area (Å²) in [6.07, 6.45) is -0.625. The summed E-state index contributed by atoms with van der Waals surface area (Å²) in [6, 6.07) is 0. The van der Waals surface area contributed by atoms with Crippen LogP contribution < -0.4 is 0 Å². The first-order valence-corrected chi connectivity index (χ1v) is 5.79. The minimum Gasteiger partial charge on any atom is -0.473 e. The van der Waals surface area contributed by atoms with Crippen LogP contribution in [0.1, 0.15) is 12.8 Å². The molecule has 138 valence electrons. The normalized spacial score (nSPS) is 8.00. The van der Waals surface area contributed by atoms with Crippen molar-refractivity contribution in [2.45, 2.75) is 12.8 Å². The van der Waals surface area contributed by atoms with Crippen LogP contribution in [0.5, 0.6) is 0 Å². The summed E-state index contributed by atoms with van der Waals surface area (Å²) < 4.78 is 16.7. The smallest absolute Gasteiger partial charge is 0.414 e. The van der Waals surface area contributed by atoms with Crippen LogP contribution in [0.25, 0.3) is 0 Å². The maximum Gasteiger partial charge on any atom is 0.414 e. The van der Waals surface area contributed by atoms with Crippen molar-refractivity contribution in [2.24, 2.45) is 0 Å². The highest BCUT2D eigenvalue weighted by Crippen LogP contribution is 1.86. The Morgan fingerprint density at radius 3 is 0.792 bits per heavy atom. The number of carbonyl (C=O) groups excluding carboxylic acids is 4. The van der Waals surface area contributed by atoms with E-state index >= 15 is 0 Å². The van der Waals surface area contributed by atoms with E-state index in [4.69, 9.17) is 19.8 Å². The fourth-order valence-electron chi connectivity index (χ4n) is 0.524. The molecule has 0 aliphatic rings. The Morgan fingerprint density at radius 1 is 0.542 bits per heavy atom. The molecule has 0 aromatic heterocycles. The average Bonchev–Trinajstić information content (AvgIpc) is 2.55. The molecule has 0 atom stereocenters. The van der Waals surface area contributed by atoms with Gasteiger partial charge in [-0.05, 0) is 0 Å². The zero-order valence-electron chi connectivity index (χ0n) is 13.4. The number of carboxylic acids is 2. The van der Waals surface area contributed by atoms with Crippen molar-refractivity contribution in [3.8, 4) is 0 Å². The van der Waals surface area contributed by atoms with Gasteiger partial charge in [0.2, 0.25) is 0 Å². The summed E-state index contributed by atoms with van der Waals surface area (Å²) in [6.45, 7) is 0. The molecule has 0 aromatic carbocycles. The van der Waals surface area contributed by atoms with E-state index in [0.29, 0.717) is 0 Å². The maximum absolute atomic E-state index is 10.3. The van der Waals surface area contributed by atoms with Crippen molar-refractivity contribution >= 4 is 35.8 Å². The van der Waals surface area contributed by atoms with E-state index in [2.05, 4.69) is 18.9 Å². The molecule has 0 spiro atoms. The molecule has 0 aromatic rings. The Balaban J connectivity index is -0.000000282. The number of carbonyl (C=O) groups is 6. The van der Waals surface area contributed by atoms with E-state index in [1.54, 1.807) is 0 Å². The number of methoxy groups -OCH3 is 4. The zero-order chi connectivity index (χ0) is 19.7. The molecule has 0 heterocycles. The lowest BCUT2D eigenvalue weighted by molar-refractivity contribution is -0.159. The molecule has 0 aliphatic heterocycles. The third kappa shape index (κ3) is 21.1. The van der Waals surface area contributed by atoms with E-state index in [-0.39, 0.29) is 12.8 Å². The first-order valence-electron chi connectivity index (χ1n) is 5.79. The van der Waals surface area contributed by atoms with Gasteiger partial charge in [-0.1, -0.05) is 0 Å². The summed E-state index contributed by atoms with van der Waals surface area (Å²) in [5.74, 6) is -5.97. The Labute approximate surface area is 136 Å². The monoisotopic (exact) mass is 354 g/mol. The van der Waals surface area contributed by atoms with Crippen LogP contribution in [0.15, 0.2) is 0 Å². The molecule has 0 radical (unpaired) electrons. The second-order valence-electron chi connectivity index (χ2n) is 3.27. The Morgan fingerprint density at radius 2 is 0.708 bits per heavy atom. The molecular weight excluding hydrogens is 336 g/mol. The van der Waals surface area contributed by atoms with Crippen molar-refractivity contribution in [2.75, 3.05) is 28.4 Å². The third-order valence-electron chi connectivity index (χ3n) is 1.67. The van der Waals surface area contributed by atoms with E-state index in [1.165, 1.54) is 28.4 Å². The van der Waals surface area contributed by atoms with Gasteiger partial charge in [0.15, 0.2) is 0 Å². The van der Waals surface area contributed by atoms with Crippen LogP contribution in [-0.4, -0.2) is 74.5 Å². The molecule has 0 saturated heterocycles. The predicted molar refractivity (Wildman–Crippen MR) is 72.6 cm³/mol. The van der Waals surface area contributed by atoms with Crippen molar-refractivity contribution in [1.29, 1.82) is 0 Å². The molecule has 0 aliphatic carbocycles. The third-order valence-corrected chi connectivity index (χ3v) is 1.67. The molecule has 0 amide bonds. The van der Waals surface area contributed by atoms with Crippen molar-refractivity contribution in [3.05, 3.63) is 0 Å². The van der Waals surface area contributed by atoms with Crippen LogP contribution in [0, 0.1) is 0 Å². The largest absolute Gasteiger partial charge is 0.473 e. The Bertz CT molecular complexity index is 383. The molecule has 0 rings (SSSR count). The number of rotatable bonds is 4.